The largest absolute Gasteiger partial charge is 0.478 e. The Kier molecular flexibility index (Phi) is 3.12. The minimum Gasteiger partial charge on any atom is -0.478 e. The number of pyridine rings is 1. The highest BCUT2D eigenvalue weighted by atomic mass is 16.4. The van der Waals surface area contributed by atoms with E-state index >= 15 is 0 Å². The molecule has 0 aliphatic heterocycles. The summed E-state index contributed by atoms with van der Waals surface area (Å²) >= 11 is 0. The number of hydrogen-bond donors (Lipinski definition) is 1. The highest BCUT2D eigenvalue weighted by molar-refractivity contribution is 5.88. The number of hydrogen-bond acceptors (Lipinski definition) is 3. The highest BCUT2D eigenvalue weighted by Crippen LogP contribution is 2.07. The Morgan fingerprint density at radius 3 is 2.79 bits per heavy atom. The van der Waals surface area contributed by atoms with Gasteiger partial charge in [-0.15, -0.1) is 0 Å². The van der Waals surface area contributed by atoms with E-state index in [-0.39, 0.29) is 0 Å². The van der Waals surface area contributed by atoms with E-state index < -0.39 is 5.97 Å². The Bertz CT molecular complexity index is 396. The molecule has 4 nitrogen and oxygen atoms in total. The summed E-state index contributed by atoms with van der Waals surface area (Å²) in [7, 11) is 0. The van der Waals surface area contributed by atoms with Crippen molar-refractivity contribution >= 4 is 18.3 Å². The van der Waals surface area contributed by atoms with Gasteiger partial charge >= 0.3 is 5.97 Å². The van der Waals surface area contributed by atoms with E-state index in [2.05, 4.69) is 4.98 Å². The van der Waals surface area contributed by atoms with Crippen molar-refractivity contribution in [3.8, 4) is 0 Å². The van der Waals surface area contributed by atoms with E-state index in [0.717, 1.165) is 11.8 Å². The van der Waals surface area contributed by atoms with Gasteiger partial charge in [0.15, 0.2) is 6.29 Å². The lowest BCUT2D eigenvalue weighted by Crippen LogP contribution is -1.94. The highest BCUT2D eigenvalue weighted by Gasteiger charge is 2.00. The van der Waals surface area contributed by atoms with Crippen molar-refractivity contribution in [3.63, 3.8) is 0 Å². The molecule has 0 aliphatic rings. The van der Waals surface area contributed by atoms with Crippen LogP contribution < -0.4 is 0 Å². The molecule has 0 spiro atoms. The molecule has 0 atom stereocenters. The summed E-state index contributed by atoms with van der Waals surface area (Å²) in [5, 5.41) is 8.40. The summed E-state index contributed by atoms with van der Waals surface area (Å²) in [5.74, 6) is -1.06. The average molecular weight is 191 g/mol. The lowest BCUT2D eigenvalue weighted by Gasteiger charge is -1.98. The summed E-state index contributed by atoms with van der Waals surface area (Å²) in [6.07, 6.45) is 2.90. The molecule has 1 aromatic rings. The molecule has 72 valence electrons. The van der Waals surface area contributed by atoms with Crippen molar-refractivity contribution in [3.05, 3.63) is 35.2 Å². The van der Waals surface area contributed by atoms with Crippen molar-refractivity contribution in [2.24, 2.45) is 0 Å². The Morgan fingerprint density at radius 1 is 1.50 bits per heavy atom. The number of carbonyl (C=O) groups is 2. The fourth-order valence-corrected chi connectivity index (χ4v) is 0.971. The molecule has 0 saturated carbocycles. The van der Waals surface area contributed by atoms with Gasteiger partial charge < -0.3 is 5.11 Å². The number of aldehydes is 1. The summed E-state index contributed by atoms with van der Waals surface area (Å²) in [6.45, 7) is 1.77. The summed E-state index contributed by atoms with van der Waals surface area (Å²) in [5.41, 5.74) is 1.50. The molecule has 1 aromatic heterocycles. The predicted molar refractivity (Wildman–Crippen MR) is 51.0 cm³/mol. The number of nitrogens with zero attached hydrogens (tertiary/aromatic N) is 1. The van der Waals surface area contributed by atoms with Gasteiger partial charge in [-0.05, 0) is 25.1 Å². The first-order chi connectivity index (χ1) is 6.63. The Hall–Kier alpha value is -1.97. The van der Waals surface area contributed by atoms with Crippen LogP contribution in [0.4, 0.5) is 0 Å². The summed E-state index contributed by atoms with van der Waals surface area (Å²) in [6, 6.07) is 3.30. The first kappa shape index (κ1) is 10.1. The molecule has 1 heterocycles. The molecule has 0 amide bonds. The minimum atomic E-state index is -1.06. The van der Waals surface area contributed by atoms with Gasteiger partial charge in [-0.1, -0.05) is 0 Å². The Balaban J connectivity index is 3.10. The molecule has 0 aromatic carbocycles. The van der Waals surface area contributed by atoms with Crippen molar-refractivity contribution in [1.29, 1.82) is 0 Å². The first-order valence-corrected chi connectivity index (χ1v) is 3.97. The van der Waals surface area contributed by atoms with Crippen molar-refractivity contribution in [2.45, 2.75) is 6.92 Å². The van der Waals surface area contributed by atoms with Crippen LogP contribution in [0.25, 0.3) is 6.08 Å². The number of rotatable bonds is 3. The molecular weight excluding hydrogens is 182 g/mol. The monoisotopic (exact) mass is 191 g/mol. The van der Waals surface area contributed by atoms with Crippen molar-refractivity contribution in [1.82, 2.24) is 4.98 Å². The molecule has 0 bridgehead atoms. The van der Waals surface area contributed by atoms with Crippen LogP contribution in [0.3, 0.4) is 0 Å². The maximum atomic E-state index is 10.6. The fraction of sp³-hybridized carbons (Fsp3) is 0.100. The molecule has 0 fully saturated rings. The van der Waals surface area contributed by atoms with Gasteiger partial charge in [-0.25, -0.2) is 4.79 Å². The van der Waals surface area contributed by atoms with Gasteiger partial charge in [0.2, 0.25) is 0 Å². The Labute approximate surface area is 80.9 Å². The lowest BCUT2D eigenvalue weighted by atomic mass is 10.2. The van der Waals surface area contributed by atoms with Gasteiger partial charge in [0.05, 0.1) is 5.69 Å². The maximum absolute atomic E-state index is 10.6. The van der Waals surface area contributed by atoms with Gasteiger partial charge in [0.1, 0.15) is 0 Å². The molecule has 0 saturated heterocycles. The minimum absolute atomic E-state index is 0.377. The number of carboxylic acids is 1. The molecule has 14 heavy (non-hydrogen) atoms. The van der Waals surface area contributed by atoms with E-state index in [1.807, 2.05) is 0 Å². The van der Waals surface area contributed by atoms with Crippen LogP contribution in [0, 0.1) is 6.92 Å². The molecule has 0 unspecified atom stereocenters. The van der Waals surface area contributed by atoms with Gasteiger partial charge in [-0.3, -0.25) is 9.78 Å². The number of carbonyl (C=O) groups excluding carboxylic acids is 1. The van der Waals surface area contributed by atoms with Crippen LogP contribution in [-0.4, -0.2) is 22.3 Å². The second-order valence-corrected chi connectivity index (χ2v) is 2.72. The normalized spacial score (nSPS) is 10.4. The van der Waals surface area contributed by atoms with Crippen LogP contribution in [0.5, 0.6) is 0 Å². The molecule has 0 radical (unpaired) electrons. The second-order valence-electron chi connectivity index (χ2n) is 2.72. The third-order valence-corrected chi connectivity index (χ3v) is 1.61. The molecule has 1 rings (SSSR count). The zero-order chi connectivity index (χ0) is 10.6. The third kappa shape index (κ3) is 2.52. The van der Waals surface area contributed by atoms with Crippen LogP contribution in [0.15, 0.2) is 18.2 Å². The van der Waals surface area contributed by atoms with Crippen molar-refractivity contribution < 1.29 is 14.7 Å². The van der Waals surface area contributed by atoms with E-state index in [1.54, 1.807) is 19.1 Å². The third-order valence-electron chi connectivity index (χ3n) is 1.61. The topological polar surface area (TPSA) is 67.3 Å². The van der Waals surface area contributed by atoms with Crippen molar-refractivity contribution in [2.75, 3.05) is 0 Å². The number of carboxylic acid groups (broad SMARTS) is 1. The molecular formula is C10H9NO3. The first-order valence-electron chi connectivity index (χ1n) is 3.97. The van der Waals surface area contributed by atoms with E-state index in [0.29, 0.717) is 17.5 Å². The summed E-state index contributed by atoms with van der Waals surface area (Å²) < 4.78 is 0. The van der Waals surface area contributed by atoms with Crippen LogP contribution in [-0.2, 0) is 4.79 Å². The Morgan fingerprint density at radius 2 is 2.21 bits per heavy atom. The number of aliphatic carboxylic acids is 1. The molecule has 0 aliphatic carbocycles. The molecule has 1 N–H and O–H groups in total. The van der Waals surface area contributed by atoms with Gasteiger partial charge in [0, 0.05) is 17.3 Å². The smallest absolute Gasteiger partial charge is 0.328 e. The van der Waals surface area contributed by atoms with E-state index in [1.165, 1.54) is 6.08 Å². The zero-order valence-electron chi connectivity index (χ0n) is 7.60. The average Bonchev–Trinajstić information content (AvgIpc) is 2.15. The zero-order valence-corrected chi connectivity index (χ0v) is 7.60. The SMILES string of the molecule is Cc1ccc(C=O)c(/C=C/C(=O)O)n1. The quantitative estimate of drug-likeness (QED) is 0.577. The molecule has 4 heteroatoms. The second kappa shape index (κ2) is 4.32. The summed E-state index contributed by atoms with van der Waals surface area (Å²) in [4.78, 5) is 24.9. The number of aromatic nitrogens is 1. The van der Waals surface area contributed by atoms with Crippen LogP contribution >= 0.6 is 0 Å². The fourth-order valence-electron chi connectivity index (χ4n) is 0.971. The van der Waals surface area contributed by atoms with Gasteiger partial charge in [-0.2, -0.15) is 0 Å². The lowest BCUT2D eigenvalue weighted by molar-refractivity contribution is -0.131. The van der Waals surface area contributed by atoms with E-state index in [9.17, 15) is 9.59 Å². The van der Waals surface area contributed by atoms with Crippen LogP contribution in [0.2, 0.25) is 0 Å². The van der Waals surface area contributed by atoms with Crippen LogP contribution in [0.1, 0.15) is 21.7 Å². The number of aryl methyl sites for hydroxylation is 1. The van der Waals surface area contributed by atoms with E-state index in [4.69, 9.17) is 5.11 Å². The van der Waals surface area contributed by atoms with Gasteiger partial charge in [0.25, 0.3) is 0 Å². The standard InChI is InChI=1S/C10H9NO3/c1-7-2-3-8(6-12)9(11-7)4-5-10(13)14/h2-6H,1H3,(H,13,14)/b5-4+. The predicted octanol–water partition coefficient (Wildman–Crippen LogP) is 1.30. The maximum Gasteiger partial charge on any atom is 0.328 e.